The van der Waals surface area contributed by atoms with E-state index in [4.69, 9.17) is 10.2 Å². The van der Waals surface area contributed by atoms with Crippen LogP contribution in [0.1, 0.15) is 15.9 Å². The van der Waals surface area contributed by atoms with Crippen molar-refractivity contribution < 1.29 is 66.7 Å². The molecule has 1 saturated heterocycles. The van der Waals surface area contributed by atoms with Crippen LogP contribution in [0, 0.1) is 64.0 Å². The minimum Gasteiger partial charge on any atom is -0.478 e. The molecule has 1 unspecified atom stereocenters. The number of piperazine rings is 1. The number of anilines is 2. The van der Waals surface area contributed by atoms with E-state index in [-0.39, 0.29) is 88.8 Å². The van der Waals surface area contributed by atoms with E-state index in [1.165, 1.54) is 24.8 Å². The Bertz CT molecular complexity index is 839. The zero-order valence-corrected chi connectivity index (χ0v) is 21.4. The van der Waals surface area contributed by atoms with Crippen LogP contribution in [0.2, 0.25) is 0 Å². The van der Waals surface area contributed by atoms with E-state index in [9.17, 15) is 14.7 Å². The van der Waals surface area contributed by atoms with Crippen molar-refractivity contribution in [2.24, 2.45) is 0 Å². The van der Waals surface area contributed by atoms with Gasteiger partial charge in [0.1, 0.15) is 0 Å². The molecule has 0 aliphatic carbocycles. The summed E-state index contributed by atoms with van der Waals surface area (Å²) in [6, 6.07) is -0.306. The SMILES string of the molecule is O=C(O)NCc1cnc(N2CCN(c3ncc(C(=O)O)cn3)CC2CO)nc1.[CH3-].[CH3-].[CH3-].[Ce+3]. The van der Waals surface area contributed by atoms with Gasteiger partial charge in [0.25, 0.3) is 0 Å². The van der Waals surface area contributed by atoms with Crippen LogP contribution in [0.3, 0.4) is 0 Å². The van der Waals surface area contributed by atoms with Crippen LogP contribution in [0.25, 0.3) is 0 Å². The van der Waals surface area contributed by atoms with Crippen LogP contribution in [0.4, 0.5) is 16.7 Å². The summed E-state index contributed by atoms with van der Waals surface area (Å²) in [5.41, 5.74) is 0.629. The molecule has 3 rings (SSSR count). The van der Waals surface area contributed by atoms with Gasteiger partial charge in [0.2, 0.25) is 11.9 Å². The van der Waals surface area contributed by atoms with Crippen LogP contribution in [-0.2, 0) is 6.54 Å². The zero-order valence-electron chi connectivity index (χ0n) is 18.3. The number of amides is 1. The van der Waals surface area contributed by atoms with Crippen LogP contribution in [0.15, 0.2) is 24.8 Å². The predicted molar refractivity (Wildman–Crippen MR) is 116 cm³/mol. The van der Waals surface area contributed by atoms with E-state index in [1.54, 1.807) is 0 Å². The smallest absolute Gasteiger partial charge is 0.478 e. The van der Waals surface area contributed by atoms with E-state index in [1.807, 2.05) is 9.80 Å². The number of aromatic carboxylic acids is 1. The summed E-state index contributed by atoms with van der Waals surface area (Å²) >= 11 is 0. The number of hydrogen-bond acceptors (Lipinski definition) is 9. The summed E-state index contributed by atoms with van der Waals surface area (Å²) in [6.45, 7) is 1.41. The van der Waals surface area contributed by atoms with Gasteiger partial charge in [0, 0.05) is 56.5 Å². The molecule has 32 heavy (non-hydrogen) atoms. The molecule has 1 amide bonds. The Labute approximate surface area is 221 Å². The molecular formula is C19H28CeN7O5. The third-order valence-corrected chi connectivity index (χ3v) is 4.25. The molecule has 1 fully saturated rings. The molecule has 1 aliphatic heterocycles. The molecule has 12 nitrogen and oxygen atoms in total. The van der Waals surface area contributed by atoms with E-state index in [0.717, 1.165) is 0 Å². The number of carbonyl (C=O) groups is 2. The summed E-state index contributed by atoms with van der Waals surface area (Å²) in [7, 11) is 0. The average molecular weight is 575 g/mol. The fourth-order valence-electron chi connectivity index (χ4n) is 2.82. The van der Waals surface area contributed by atoms with Gasteiger partial charge in [0.15, 0.2) is 0 Å². The minimum atomic E-state index is -1.13. The van der Waals surface area contributed by atoms with Crippen molar-refractivity contribution in [3.8, 4) is 0 Å². The van der Waals surface area contributed by atoms with Crippen molar-refractivity contribution in [2.75, 3.05) is 36.0 Å². The number of aromatic nitrogens is 4. The maximum absolute atomic E-state index is 10.9. The summed E-state index contributed by atoms with van der Waals surface area (Å²) in [4.78, 5) is 41.8. The predicted octanol–water partition coefficient (Wildman–Crippen LogP) is 0.771. The Kier molecular flexibility index (Phi) is 14.8. The van der Waals surface area contributed by atoms with Crippen LogP contribution in [-0.4, -0.2) is 79.6 Å². The Hall–Kier alpha value is -2.16. The standard InChI is InChI=1S/C16H19N7O5.3CH3.Ce/c24-9-12-8-22(14-19-6-11(7-20-14)13(25)26)1-2-23(12)15-17-3-10(4-18-15)5-21-16(27)28;;;;/h3-4,6-7,12,21,24H,1-2,5,8-9H2,(H,25,26)(H,27,28);3*1H3;/q;3*-1;+3. The zero-order chi connectivity index (χ0) is 20.1. The fourth-order valence-corrected chi connectivity index (χ4v) is 2.82. The van der Waals surface area contributed by atoms with E-state index in [2.05, 4.69) is 25.3 Å². The number of hydrogen-bond donors (Lipinski definition) is 4. The molecule has 0 aromatic carbocycles. The van der Waals surface area contributed by atoms with E-state index >= 15 is 0 Å². The maximum atomic E-state index is 10.9. The first-order valence-electron chi connectivity index (χ1n) is 8.43. The molecule has 3 heterocycles. The van der Waals surface area contributed by atoms with Crippen molar-refractivity contribution in [3.63, 3.8) is 0 Å². The van der Waals surface area contributed by atoms with E-state index < -0.39 is 12.1 Å². The van der Waals surface area contributed by atoms with Gasteiger partial charge in [-0.25, -0.2) is 29.5 Å². The van der Waals surface area contributed by atoms with Gasteiger partial charge in [-0.05, 0) is 0 Å². The summed E-state index contributed by atoms with van der Waals surface area (Å²) in [5.74, 6) is -0.275. The Morgan fingerprint density at radius 2 is 1.53 bits per heavy atom. The summed E-state index contributed by atoms with van der Waals surface area (Å²) in [6.07, 6.45) is 4.44. The number of rotatable bonds is 6. The summed E-state index contributed by atoms with van der Waals surface area (Å²) in [5, 5.41) is 29.6. The van der Waals surface area contributed by atoms with Crippen LogP contribution >= 0.6 is 0 Å². The molecule has 1 radical (unpaired) electrons. The molecule has 0 bridgehead atoms. The van der Waals surface area contributed by atoms with Crippen molar-refractivity contribution >= 4 is 24.0 Å². The number of carboxylic acid groups (broad SMARTS) is 2. The first-order valence-corrected chi connectivity index (χ1v) is 8.43. The molecule has 13 heteroatoms. The third kappa shape index (κ3) is 8.07. The van der Waals surface area contributed by atoms with Crippen LogP contribution < -0.4 is 15.1 Å². The molecule has 4 N–H and O–H groups in total. The summed E-state index contributed by atoms with van der Waals surface area (Å²) < 4.78 is 0. The minimum absolute atomic E-state index is 0. The van der Waals surface area contributed by atoms with Gasteiger partial charge in [0.05, 0.1) is 18.2 Å². The molecular weight excluding hydrogens is 546 g/mol. The topological polar surface area (TPSA) is 165 Å². The van der Waals surface area contributed by atoms with Crippen molar-refractivity contribution in [2.45, 2.75) is 12.6 Å². The molecule has 173 valence electrons. The Balaban J connectivity index is 0. The van der Waals surface area contributed by atoms with Gasteiger partial charge in [-0.2, -0.15) is 0 Å². The van der Waals surface area contributed by atoms with Gasteiger partial charge in [-0.1, -0.05) is 0 Å². The first kappa shape index (κ1) is 32.0. The van der Waals surface area contributed by atoms with Gasteiger partial charge >= 0.3 is 53.8 Å². The van der Waals surface area contributed by atoms with Crippen molar-refractivity contribution in [1.82, 2.24) is 25.3 Å². The van der Waals surface area contributed by atoms with E-state index in [0.29, 0.717) is 37.1 Å². The second-order valence-electron chi connectivity index (χ2n) is 6.10. The van der Waals surface area contributed by atoms with Crippen molar-refractivity contribution in [3.05, 3.63) is 58.2 Å². The number of nitrogens with one attached hydrogen (secondary N) is 1. The normalized spacial score (nSPS) is 14.6. The van der Waals surface area contributed by atoms with Crippen molar-refractivity contribution in [1.29, 1.82) is 0 Å². The maximum Gasteiger partial charge on any atom is 3.00 e. The number of aliphatic hydroxyl groups is 1. The molecule has 0 spiro atoms. The Morgan fingerprint density at radius 1 is 0.969 bits per heavy atom. The quantitative estimate of drug-likeness (QED) is 0.360. The Morgan fingerprint density at radius 3 is 2.03 bits per heavy atom. The number of aliphatic hydroxyl groups excluding tert-OH is 1. The van der Waals surface area contributed by atoms with Crippen LogP contribution in [0.5, 0.6) is 0 Å². The van der Waals surface area contributed by atoms with Gasteiger partial charge in [-0.15, -0.1) is 0 Å². The average Bonchev–Trinajstić information content (AvgIpc) is 2.72. The largest absolute Gasteiger partial charge is 3.00 e. The third-order valence-electron chi connectivity index (χ3n) is 4.25. The second-order valence-corrected chi connectivity index (χ2v) is 6.10. The fraction of sp³-hybridized carbons (Fsp3) is 0.316. The molecule has 2 aromatic rings. The van der Waals surface area contributed by atoms with Gasteiger partial charge in [-0.3, -0.25) is 0 Å². The number of carboxylic acids is 1. The number of nitrogens with zero attached hydrogens (tertiary/aromatic N) is 6. The molecule has 1 atom stereocenters. The molecule has 0 saturated carbocycles. The molecule has 1 aliphatic rings. The first-order chi connectivity index (χ1) is 13.5. The monoisotopic (exact) mass is 574 g/mol. The molecule has 2 aromatic heterocycles. The second kappa shape index (κ2) is 14.8. The van der Waals surface area contributed by atoms with Gasteiger partial charge < -0.3 is 52.7 Å².